The van der Waals surface area contributed by atoms with Crippen LogP contribution < -0.4 is 11.0 Å². The van der Waals surface area contributed by atoms with Gasteiger partial charge in [-0.05, 0) is 50.1 Å². The molecule has 1 amide bonds. The van der Waals surface area contributed by atoms with Crippen molar-refractivity contribution in [2.24, 2.45) is 0 Å². The number of aromatic amines is 1. The first-order valence-electron chi connectivity index (χ1n) is 8.01. The summed E-state index contributed by atoms with van der Waals surface area (Å²) < 4.78 is 1.37. The predicted octanol–water partition coefficient (Wildman–Crippen LogP) is 2.35. The lowest BCUT2D eigenvalue weighted by atomic mass is 10.1. The third kappa shape index (κ3) is 3.91. The SMILES string of the molecule is Cc1cc(C)n(CC(=O)NCCc2c[nH]c3ccc(Cl)cc23)c(=O)n1. The van der Waals surface area contributed by atoms with Gasteiger partial charge in [-0.1, -0.05) is 11.6 Å². The molecule has 2 aromatic heterocycles. The number of aryl methyl sites for hydroxylation is 2. The Morgan fingerprint density at radius 1 is 1.32 bits per heavy atom. The second-order valence-electron chi connectivity index (χ2n) is 6.01. The molecule has 7 heteroatoms. The number of nitrogens with zero attached hydrogens (tertiary/aromatic N) is 2. The van der Waals surface area contributed by atoms with E-state index in [1.165, 1.54) is 4.57 Å². The Bertz CT molecular complexity index is 990. The average Bonchev–Trinajstić information content (AvgIpc) is 2.93. The minimum absolute atomic E-state index is 0.0301. The van der Waals surface area contributed by atoms with E-state index in [-0.39, 0.29) is 12.5 Å². The molecule has 6 nitrogen and oxygen atoms in total. The first-order chi connectivity index (χ1) is 11.9. The van der Waals surface area contributed by atoms with Crippen LogP contribution in [0.4, 0.5) is 0 Å². The number of benzene rings is 1. The van der Waals surface area contributed by atoms with Crippen molar-refractivity contribution in [2.45, 2.75) is 26.8 Å². The fraction of sp³-hybridized carbons (Fsp3) is 0.278. The normalized spacial score (nSPS) is 11.0. The van der Waals surface area contributed by atoms with Crippen molar-refractivity contribution < 1.29 is 4.79 Å². The third-order valence-electron chi connectivity index (χ3n) is 4.09. The van der Waals surface area contributed by atoms with Gasteiger partial charge in [-0.2, -0.15) is 4.98 Å². The van der Waals surface area contributed by atoms with Gasteiger partial charge in [0, 0.05) is 40.1 Å². The summed E-state index contributed by atoms with van der Waals surface area (Å²) in [7, 11) is 0. The van der Waals surface area contributed by atoms with Gasteiger partial charge in [0.1, 0.15) is 6.54 Å². The van der Waals surface area contributed by atoms with Crippen molar-refractivity contribution >= 4 is 28.4 Å². The zero-order valence-corrected chi connectivity index (χ0v) is 14.9. The van der Waals surface area contributed by atoms with Crippen LogP contribution in [0.15, 0.2) is 35.3 Å². The van der Waals surface area contributed by atoms with Gasteiger partial charge in [-0.25, -0.2) is 4.79 Å². The molecule has 3 aromatic rings. The summed E-state index contributed by atoms with van der Waals surface area (Å²) in [5.41, 5.74) is 3.07. The lowest BCUT2D eigenvalue weighted by Crippen LogP contribution is -2.35. The molecule has 0 aliphatic carbocycles. The zero-order chi connectivity index (χ0) is 18.0. The minimum Gasteiger partial charge on any atom is -0.361 e. The van der Waals surface area contributed by atoms with Gasteiger partial charge in [-0.15, -0.1) is 0 Å². The summed E-state index contributed by atoms with van der Waals surface area (Å²) in [6.07, 6.45) is 2.60. The highest BCUT2D eigenvalue weighted by atomic mass is 35.5. The summed E-state index contributed by atoms with van der Waals surface area (Å²) >= 11 is 6.04. The highest BCUT2D eigenvalue weighted by Gasteiger charge is 2.09. The van der Waals surface area contributed by atoms with Crippen LogP contribution in [0.2, 0.25) is 5.02 Å². The largest absolute Gasteiger partial charge is 0.361 e. The Morgan fingerprint density at radius 3 is 2.88 bits per heavy atom. The van der Waals surface area contributed by atoms with Crippen LogP contribution in [0.3, 0.4) is 0 Å². The summed E-state index contributed by atoms with van der Waals surface area (Å²) in [4.78, 5) is 31.1. The van der Waals surface area contributed by atoms with Gasteiger partial charge in [0.15, 0.2) is 0 Å². The fourth-order valence-corrected chi connectivity index (χ4v) is 3.03. The number of rotatable bonds is 5. The molecule has 0 fully saturated rings. The van der Waals surface area contributed by atoms with E-state index in [0.29, 0.717) is 23.7 Å². The topological polar surface area (TPSA) is 79.8 Å². The lowest BCUT2D eigenvalue weighted by molar-refractivity contribution is -0.121. The number of carbonyl (C=O) groups is 1. The van der Waals surface area contributed by atoms with Crippen LogP contribution in [0.5, 0.6) is 0 Å². The number of nitrogens with one attached hydrogen (secondary N) is 2. The zero-order valence-electron chi connectivity index (χ0n) is 14.1. The van der Waals surface area contributed by atoms with Crippen LogP contribution in [-0.4, -0.2) is 27.0 Å². The molecule has 0 saturated heterocycles. The van der Waals surface area contributed by atoms with Crippen LogP contribution >= 0.6 is 11.6 Å². The molecule has 0 atom stereocenters. The highest BCUT2D eigenvalue weighted by molar-refractivity contribution is 6.31. The number of carbonyl (C=O) groups excluding carboxylic acids is 1. The van der Waals surface area contributed by atoms with Crippen LogP contribution in [0, 0.1) is 13.8 Å². The Morgan fingerprint density at radius 2 is 2.12 bits per heavy atom. The number of H-pyrrole nitrogens is 1. The molecule has 0 saturated carbocycles. The van der Waals surface area contributed by atoms with Crippen molar-refractivity contribution in [1.82, 2.24) is 19.9 Å². The number of fused-ring (bicyclic) bond motifs is 1. The predicted molar refractivity (Wildman–Crippen MR) is 98.0 cm³/mol. The summed E-state index contributed by atoms with van der Waals surface area (Å²) in [6, 6.07) is 7.46. The second kappa shape index (κ2) is 7.11. The van der Waals surface area contributed by atoms with E-state index in [9.17, 15) is 9.59 Å². The maximum absolute atomic E-state index is 12.1. The Kier molecular flexibility index (Phi) is 4.90. The molecule has 2 N–H and O–H groups in total. The standard InChI is InChI=1S/C18H19ClN4O2/c1-11-7-12(2)23(18(25)22-11)10-17(24)20-6-5-13-9-21-16-4-3-14(19)8-15(13)16/h3-4,7-9,21H,5-6,10H2,1-2H3,(H,20,24). The number of amides is 1. The van der Waals surface area contributed by atoms with E-state index in [2.05, 4.69) is 15.3 Å². The smallest absolute Gasteiger partial charge is 0.348 e. The quantitative estimate of drug-likeness (QED) is 0.734. The van der Waals surface area contributed by atoms with Crippen molar-refractivity contribution in [3.05, 3.63) is 62.9 Å². The Labute approximate surface area is 149 Å². The molecular weight excluding hydrogens is 340 g/mol. The van der Waals surface area contributed by atoms with Crippen molar-refractivity contribution in [3.8, 4) is 0 Å². The molecule has 0 radical (unpaired) electrons. The average molecular weight is 359 g/mol. The van der Waals surface area contributed by atoms with Gasteiger partial charge >= 0.3 is 5.69 Å². The van der Waals surface area contributed by atoms with E-state index < -0.39 is 5.69 Å². The maximum Gasteiger partial charge on any atom is 0.348 e. The number of hydrogen-bond acceptors (Lipinski definition) is 3. The van der Waals surface area contributed by atoms with Gasteiger partial charge in [0.25, 0.3) is 0 Å². The molecule has 25 heavy (non-hydrogen) atoms. The van der Waals surface area contributed by atoms with Crippen LogP contribution in [0.1, 0.15) is 17.0 Å². The molecule has 0 bridgehead atoms. The third-order valence-corrected chi connectivity index (χ3v) is 4.33. The first-order valence-corrected chi connectivity index (χ1v) is 8.39. The fourth-order valence-electron chi connectivity index (χ4n) is 2.86. The highest BCUT2D eigenvalue weighted by Crippen LogP contribution is 2.22. The van der Waals surface area contributed by atoms with Gasteiger partial charge in [-0.3, -0.25) is 9.36 Å². The maximum atomic E-state index is 12.1. The summed E-state index contributed by atoms with van der Waals surface area (Å²) in [6.45, 7) is 3.99. The van der Waals surface area contributed by atoms with Crippen molar-refractivity contribution in [2.75, 3.05) is 6.54 Å². The summed E-state index contributed by atoms with van der Waals surface area (Å²) in [5.74, 6) is -0.214. The second-order valence-corrected chi connectivity index (χ2v) is 6.45. The monoisotopic (exact) mass is 358 g/mol. The summed E-state index contributed by atoms with van der Waals surface area (Å²) in [5, 5.41) is 4.58. The van der Waals surface area contributed by atoms with E-state index in [4.69, 9.17) is 11.6 Å². The molecular formula is C18H19ClN4O2. The Balaban J connectivity index is 1.61. The number of hydrogen-bond donors (Lipinski definition) is 2. The minimum atomic E-state index is -0.404. The molecule has 0 aliphatic heterocycles. The molecule has 0 spiro atoms. The van der Waals surface area contributed by atoms with E-state index in [1.807, 2.05) is 24.4 Å². The molecule has 0 aliphatic rings. The first kappa shape index (κ1) is 17.2. The van der Waals surface area contributed by atoms with Crippen molar-refractivity contribution in [3.63, 3.8) is 0 Å². The van der Waals surface area contributed by atoms with Crippen LogP contribution in [-0.2, 0) is 17.8 Å². The Hall–Kier alpha value is -2.60. The van der Waals surface area contributed by atoms with Gasteiger partial charge < -0.3 is 10.3 Å². The molecule has 130 valence electrons. The number of halogens is 1. The molecule has 2 heterocycles. The van der Waals surface area contributed by atoms with Gasteiger partial charge in [0.2, 0.25) is 5.91 Å². The molecule has 3 rings (SSSR count). The van der Waals surface area contributed by atoms with Gasteiger partial charge in [0.05, 0.1) is 0 Å². The van der Waals surface area contributed by atoms with E-state index in [0.717, 1.165) is 22.2 Å². The van der Waals surface area contributed by atoms with E-state index in [1.54, 1.807) is 19.9 Å². The molecule has 0 unspecified atom stereocenters. The van der Waals surface area contributed by atoms with Crippen LogP contribution in [0.25, 0.3) is 10.9 Å². The van der Waals surface area contributed by atoms with E-state index >= 15 is 0 Å². The lowest BCUT2D eigenvalue weighted by Gasteiger charge is -2.10. The molecule has 1 aromatic carbocycles. The number of aromatic nitrogens is 3. The van der Waals surface area contributed by atoms with Crippen molar-refractivity contribution in [1.29, 1.82) is 0 Å².